The molecule has 2 heteroatoms. The highest BCUT2D eigenvalue weighted by atomic mass is 16.1. The van der Waals surface area contributed by atoms with Crippen LogP contribution in [0.2, 0.25) is 0 Å². The van der Waals surface area contributed by atoms with E-state index in [2.05, 4.69) is 5.32 Å². The Labute approximate surface area is 56.6 Å². The van der Waals surface area contributed by atoms with Crippen molar-refractivity contribution in [3.63, 3.8) is 0 Å². The average molecular weight is 129 g/mol. The Morgan fingerprint density at radius 2 is 2.22 bits per heavy atom. The number of carbonyl (C=O) groups is 1. The van der Waals surface area contributed by atoms with Gasteiger partial charge in [-0.1, -0.05) is 6.92 Å². The molecule has 0 amide bonds. The predicted molar refractivity (Wildman–Crippen MR) is 38.4 cm³/mol. The molecule has 0 aliphatic heterocycles. The average Bonchev–Trinajstić information content (AvgIpc) is 1.82. The molecule has 0 aromatic rings. The third-order valence-electron chi connectivity index (χ3n) is 1.52. The van der Waals surface area contributed by atoms with Gasteiger partial charge < -0.3 is 5.32 Å². The summed E-state index contributed by atoms with van der Waals surface area (Å²) < 4.78 is 0. The zero-order valence-corrected chi connectivity index (χ0v) is 6.40. The summed E-state index contributed by atoms with van der Waals surface area (Å²) in [6, 6.07) is 0. The van der Waals surface area contributed by atoms with E-state index < -0.39 is 0 Å². The maximum Gasteiger partial charge on any atom is 0.134 e. The molecular weight excluding hydrogens is 114 g/mol. The molecule has 1 atom stereocenters. The lowest BCUT2D eigenvalue weighted by Gasteiger charge is -2.08. The van der Waals surface area contributed by atoms with Crippen molar-refractivity contribution in [1.82, 2.24) is 5.32 Å². The van der Waals surface area contributed by atoms with Crippen LogP contribution in [0.4, 0.5) is 0 Å². The topological polar surface area (TPSA) is 29.1 Å². The molecule has 0 fully saturated rings. The van der Waals surface area contributed by atoms with E-state index in [1.165, 1.54) is 0 Å². The van der Waals surface area contributed by atoms with Crippen molar-refractivity contribution < 1.29 is 4.79 Å². The minimum atomic E-state index is 0.218. The Morgan fingerprint density at radius 3 is 2.33 bits per heavy atom. The summed E-state index contributed by atoms with van der Waals surface area (Å²) in [4.78, 5) is 10.7. The smallest absolute Gasteiger partial charge is 0.134 e. The molecule has 0 saturated heterocycles. The fraction of sp³-hybridized carbons (Fsp3) is 0.857. The van der Waals surface area contributed by atoms with E-state index in [1.54, 1.807) is 6.92 Å². The van der Waals surface area contributed by atoms with E-state index >= 15 is 0 Å². The van der Waals surface area contributed by atoms with E-state index in [0.717, 1.165) is 13.0 Å². The first kappa shape index (κ1) is 8.63. The third-order valence-corrected chi connectivity index (χ3v) is 1.52. The van der Waals surface area contributed by atoms with Gasteiger partial charge in [0.25, 0.3) is 0 Å². The van der Waals surface area contributed by atoms with Crippen molar-refractivity contribution >= 4 is 5.78 Å². The zero-order valence-electron chi connectivity index (χ0n) is 6.40. The van der Waals surface area contributed by atoms with Crippen molar-refractivity contribution in [1.29, 1.82) is 0 Å². The molecule has 0 rings (SSSR count). The van der Waals surface area contributed by atoms with Gasteiger partial charge in [-0.05, 0) is 20.4 Å². The van der Waals surface area contributed by atoms with Crippen LogP contribution in [-0.2, 0) is 4.79 Å². The van der Waals surface area contributed by atoms with Crippen LogP contribution >= 0.6 is 0 Å². The standard InChI is InChI=1S/C7H15NO/c1-4-7(5-8-3)6(2)9/h7-8H,4-5H2,1-3H3. The molecule has 0 saturated carbocycles. The summed E-state index contributed by atoms with van der Waals surface area (Å²) in [6.45, 7) is 4.49. The molecule has 0 heterocycles. The highest BCUT2D eigenvalue weighted by molar-refractivity contribution is 5.78. The van der Waals surface area contributed by atoms with Crippen LogP contribution in [0.25, 0.3) is 0 Å². The van der Waals surface area contributed by atoms with Gasteiger partial charge in [-0.2, -0.15) is 0 Å². The first-order valence-corrected chi connectivity index (χ1v) is 3.37. The molecule has 2 nitrogen and oxygen atoms in total. The fourth-order valence-electron chi connectivity index (χ4n) is 0.822. The maximum atomic E-state index is 10.7. The molecule has 0 aromatic heterocycles. The molecule has 1 unspecified atom stereocenters. The Kier molecular flexibility index (Phi) is 4.32. The lowest BCUT2D eigenvalue weighted by Crippen LogP contribution is -2.23. The SMILES string of the molecule is CCC(CNC)C(C)=O. The number of rotatable bonds is 4. The van der Waals surface area contributed by atoms with E-state index in [0.29, 0.717) is 0 Å². The fourth-order valence-corrected chi connectivity index (χ4v) is 0.822. The Hall–Kier alpha value is -0.370. The largest absolute Gasteiger partial charge is 0.319 e. The van der Waals surface area contributed by atoms with E-state index in [4.69, 9.17) is 0 Å². The van der Waals surface area contributed by atoms with Crippen LogP contribution in [0, 0.1) is 5.92 Å². The van der Waals surface area contributed by atoms with Crippen LogP contribution in [0.15, 0.2) is 0 Å². The van der Waals surface area contributed by atoms with Crippen molar-refractivity contribution in [3.8, 4) is 0 Å². The summed E-state index contributed by atoms with van der Waals surface area (Å²) in [5.74, 6) is 0.502. The maximum absolute atomic E-state index is 10.7. The second-order valence-corrected chi connectivity index (χ2v) is 2.27. The lowest BCUT2D eigenvalue weighted by molar-refractivity contribution is -0.120. The van der Waals surface area contributed by atoms with Gasteiger partial charge in [0.1, 0.15) is 5.78 Å². The third kappa shape index (κ3) is 3.25. The molecule has 0 spiro atoms. The van der Waals surface area contributed by atoms with Gasteiger partial charge in [0.05, 0.1) is 0 Å². The second-order valence-electron chi connectivity index (χ2n) is 2.27. The number of hydrogen-bond donors (Lipinski definition) is 1. The second kappa shape index (κ2) is 4.50. The summed E-state index contributed by atoms with van der Waals surface area (Å²) in [5.41, 5.74) is 0. The highest BCUT2D eigenvalue weighted by Crippen LogP contribution is 2.00. The van der Waals surface area contributed by atoms with Gasteiger partial charge in [0.15, 0.2) is 0 Å². The Morgan fingerprint density at radius 1 is 1.67 bits per heavy atom. The molecule has 0 bridgehead atoms. The first-order valence-electron chi connectivity index (χ1n) is 3.37. The Balaban J connectivity index is 3.54. The molecule has 1 N–H and O–H groups in total. The minimum Gasteiger partial charge on any atom is -0.319 e. The van der Waals surface area contributed by atoms with Crippen LogP contribution in [0.3, 0.4) is 0 Å². The number of hydrogen-bond acceptors (Lipinski definition) is 2. The van der Waals surface area contributed by atoms with Crippen molar-refractivity contribution in [2.75, 3.05) is 13.6 Å². The van der Waals surface area contributed by atoms with Gasteiger partial charge >= 0.3 is 0 Å². The van der Waals surface area contributed by atoms with Gasteiger partial charge in [-0.3, -0.25) is 4.79 Å². The molecular formula is C7H15NO. The van der Waals surface area contributed by atoms with Crippen LogP contribution in [0.1, 0.15) is 20.3 Å². The van der Waals surface area contributed by atoms with Gasteiger partial charge in [-0.15, -0.1) is 0 Å². The highest BCUT2D eigenvalue weighted by Gasteiger charge is 2.08. The van der Waals surface area contributed by atoms with Crippen molar-refractivity contribution in [3.05, 3.63) is 0 Å². The van der Waals surface area contributed by atoms with Gasteiger partial charge in [0, 0.05) is 12.5 Å². The summed E-state index contributed by atoms with van der Waals surface area (Å²) in [5, 5.41) is 2.98. The molecule has 0 radical (unpaired) electrons. The van der Waals surface area contributed by atoms with Crippen LogP contribution in [0.5, 0.6) is 0 Å². The van der Waals surface area contributed by atoms with E-state index in [-0.39, 0.29) is 11.7 Å². The van der Waals surface area contributed by atoms with Crippen molar-refractivity contribution in [2.45, 2.75) is 20.3 Å². The number of Topliss-reactive ketones (excluding diaryl/α,β-unsaturated/α-hetero) is 1. The monoisotopic (exact) mass is 129 g/mol. The summed E-state index contributed by atoms with van der Waals surface area (Å²) in [6.07, 6.45) is 0.941. The molecule has 9 heavy (non-hydrogen) atoms. The van der Waals surface area contributed by atoms with Gasteiger partial charge in [0.2, 0.25) is 0 Å². The Bertz CT molecular complexity index is 90.9. The summed E-state index contributed by atoms with van der Waals surface area (Å²) in [7, 11) is 1.87. The lowest BCUT2D eigenvalue weighted by atomic mass is 10.0. The van der Waals surface area contributed by atoms with Crippen LogP contribution in [-0.4, -0.2) is 19.4 Å². The normalized spacial score (nSPS) is 13.2. The predicted octanol–water partition coefficient (Wildman–Crippen LogP) is 0.821. The minimum absolute atomic E-state index is 0.218. The quantitative estimate of drug-likeness (QED) is 0.609. The number of carbonyl (C=O) groups excluding carboxylic acids is 1. The van der Waals surface area contributed by atoms with E-state index in [9.17, 15) is 4.79 Å². The van der Waals surface area contributed by atoms with Crippen LogP contribution < -0.4 is 5.32 Å². The molecule has 0 aliphatic carbocycles. The first-order chi connectivity index (χ1) is 4.22. The number of nitrogens with one attached hydrogen (secondary N) is 1. The van der Waals surface area contributed by atoms with Gasteiger partial charge in [-0.25, -0.2) is 0 Å². The van der Waals surface area contributed by atoms with Crippen molar-refractivity contribution in [2.24, 2.45) is 5.92 Å². The molecule has 54 valence electrons. The van der Waals surface area contributed by atoms with E-state index in [1.807, 2.05) is 14.0 Å². The molecule has 0 aliphatic rings. The molecule has 0 aromatic carbocycles. The zero-order chi connectivity index (χ0) is 7.28. The number of ketones is 1. The summed E-state index contributed by atoms with van der Waals surface area (Å²) >= 11 is 0.